The van der Waals surface area contributed by atoms with Crippen LogP contribution < -0.4 is 10.1 Å². The molecule has 0 saturated carbocycles. The van der Waals surface area contributed by atoms with Crippen LogP contribution in [0, 0.1) is 12.8 Å². The molecule has 4 heteroatoms. The van der Waals surface area contributed by atoms with Gasteiger partial charge in [-0.2, -0.15) is 0 Å². The fraction of sp³-hybridized carbons (Fsp3) is 0.562. The molecule has 0 aliphatic heterocycles. The van der Waals surface area contributed by atoms with Crippen LogP contribution in [0.4, 0.5) is 0 Å². The summed E-state index contributed by atoms with van der Waals surface area (Å²) in [4.78, 5) is 12.1. The van der Waals surface area contributed by atoms with Gasteiger partial charge in [0.15, 0.2) is 0 Å². The van der Waals surface area contributed by atoms with Crippen molar-refractivity contribution in [2.24, 2.45) is 5.92 Å². The predicted molar refractivity (Wildman–Crippen MR) is 80.1 cm³/mol. The Bertz CT molecular complexity index is 441. The van der Waals surface area contributed by atoms with Crippen LogP contribution >= 0.6 is 0 Å². The van der Waals surface area contributed by atoms with E-state index in [0.717, 1.165) is 18.4 Å². The Kier molecular flexibility index (Phi) is 6.52. The SMILES string of the molecule is CCC(CC)C(O)CNC(=O)c1ccc(C)c(OC)c1. The van der Waals surface area contributed by atoms with Gasteiger partial charge in [-0.05, 0) is 30.5 Å². The van der Waals surface area contributed by atoms with E-state index in [4.69, 9.17) is 4.74 Å². The lowest BCUT2D eigenvalue weighted by molar-refractivity contribution is 0.0816. The van der Waals surface area contributed by atoms with Gasteiger partial charge in [0, 0.05) is 12.1 Å². The van der Waals surface area contributed by atoms with Crippen LogP contribution in [0.2, 0.25) is 0 Å². The van der Waals surface area contributed by atoms with Crippen LogP contribution in [0.3, 0.4) is 0 Å². The minimum atomic E-state index is -0.499. The quantitative estimate of drug-likeness (QED) is 0.806. The second-order valence-corrected chi connectivity index (χ2v) is 5.04. The number of aliphatic hydroxyl groups excluding tert-OH is 1. The van der Waals surface area contributed by atoms with E-state index in [1.807, 2.05) is 26.8 Å². The standard InChI is InChI=1S/C16H25NO3/c1-5-12(6-2)14(18)10-17-16(19)13-8-7-11(3)15(9-13)20-4/h7-9,12,14,18H,5-6,10H2,1-4H3,(H,17,19). The van der Waals surface area contributed by atoms with Gasteiger partial charge in [0.1, 0.15) is 5.75 Å². The van der Waals surface area contributed by atoms with E-state index in [1.165, 1.54) is 0 Å². The molecule has 1 amide bonds. The van der Waals surface area contributed by atoms with E-state index in [0.29, 0.717) is 11.3 Å². The van der Waals surface area contributed by atoms with Crippen molar-refractivity contribution >= 4 is 5.91 Å². The summed E-state index contributed by atoms with van der Waals surface area (Å²) in [5, 5.41) is 12.8. The van der Waals surface area contributed by atoms with E-state index >= 15 is 0 Å². The van der Waals surface area contributed by atoms with Gasteiger partial charge in [0.25, 0.3) is 5.91 Å². The summed E-state index contributed by atoms with van der Waals surface area (Å²) in [6, 6.07) is 5.33. The van der Waals surface area contributed by atoms with E-state index in [9.17, 15) is 9.90 Å². The molecule has 0 aliphatic rings. The highest BCUT2D eigenvalue weighted by atomic mass is 16.5. The number of methoxy groups -OCH3 is 1. The highest BCUT2D eigenvalue weighted by molar-refractivity contribution is 5.94. The molecule has 0 saturated heterocycles. The number of carbonyl (C=O) groups is 1. The number of aliphatic hydroxyl groups is 1. The summed E-state index contributed by atoms with van der Waals surface area (Å²) < 4.78 is 5.21. The summed E-state index contributed by atoms with van der Waals surface area (Å²) in [5.74, 6) is 0.731. The topological polar surface area (TPSA) is 58.6 Å². The van der Waals surface area contributed by atoms with Crippen molar-refractivity contribution in [2.75, 3.05) is 13.7 Å². The molecule has 0 heterocycles. The summed E-state index contributed by atoms with van der Waals surface area (Å²) in [7, 11) is 1.58. The number of amides is 1. The lowest BCUT2D eigenvalue weighted by Crippen LogP contribution is -2.36. The first-order valence-electron chi connectivity index (χ1n) is 7.14. The maximum absolute atomic E-state index is 12.1. The molecule has 0 radical (unpaired) electrons. The Labute approximate surface area is 121 Å². The Morgan fingerprint density at radius 1 is 1.35 bits per heavy atom. The number of aryl methyl sites for hydroxylation is 1. The molecule has 1 aromatic carbocycles. The van der Waals surface area contributed by atoms with Gasteiger partial charge in [-0.25, -0.2) is 0 Å². The molecule has 1 unspecified atom stereocenters. The number of hydrogen-bond acceptors (Lipinski definition) is 3. The molecule has 0 spiro atoms. The molecular weight excluding hydrogens is 254 g/mol. The minimum absolute atomic E-state index is 0.187. The molecule has 0 aromatic heterocycles. The molecule has 1 rings (SSSR count). The number of benzene rings is 1. The Balaban J connectivity index is 2.63. The van der Waals surface area contributed by atoms with Gasteiger partial charge in [0.2, 0.25) is 0 Å². The molecular formula is C16H25NO3. The maximum atomic E-state index is 12.1. The fourth-order valence-corrected chi connectivity index (χ4v) is 2.26. The molecule has 4 nitrogen and oxygen atoms in total. The molecule has 2 N–H and O–H groups in total. The van der Waals surface area contributed by atoms with E-state index in [-0.39, 0.29) is 18.4 Å². The zero-order valence-electron chi connectivity index (χ0n) is 12.8. The summed E-state index contributed by atoms with van der Waals surface area (Å²) in [6.07, 6.45) is 1.32. The zero-order chi connectivity index (χ0) is 15.1. The molecule has 20 heavy (non-hydrogen) atoms. The molecule has 1 atom stereocenters. The predicted octanol–water partition coefficient (Wildman–Crippen LogP) is 2.53. The van der Waals surface area contributed by atoms with Crippen LogP contribution in [0.5, 0.6) is 5.75 Å². The summed E-state index contributed by atoms with van der Waals surface area (Å²) in [5.41, 5.74) is 1.53. The van der Waals surface area contributed by atoms with Crippen molar-refractivity contribution in [3.8, 4) is 5.75 Å². The molecule has 0 aliphatic carbocycles. The van der Waals surface area contributed by atoms with Crippen molar-refractivity contribution in [2.45, 2.75) is 39.7 Å². The molecule has 112 valence electrons. The van der Waals surface area contributed by atoms with E-state index in [1.54, 1.807) is 19.2 Å². The monoisotopic (exact) mass is 279 g/mol. The average Bonchev–Trinajstić information content (AvgIpc) is 2.46. The van der Waals surface area contributed by atoms with Crippen molar-refractivity contribution in [3.05, 3.63) is 29.3 Å². The van der Waals surface area contributed by atoms with E-state index < -0.39 is 6.10 Å². The van der Waals surface area contributed by atoms with Gasteiger partial charge in [0.05, 0.1) is 13.2 Å². The first-order chi connectivity index (χ1) is 9.53. The fourth-order valence-electron chi connectivity index (χ4n) is 2.26. The Morgan fingerprint density at radius 2 is 2.00 bits per heavy atom. The second-order valence-electron chi connectivity index (χ2n) is 5.04. The van der Waals surface area contributed by atoms with Crippen molar-refractivity contribution in [1.29, 1.82) is 0 Å². The summed E-state index contributed by atoms with van der Waals surface area (Å²) in [6.45, 7) is 6.30. The molecule has 0 fully saturated rings. The van der Waals surface area contributed by atoms with Crippen LogP contribution in [-0.4, -0.2) is 30.8 Å². The van der Waals surface area contributed by atoms with Crippen LogP contribution in [0.1, 0.15) is 42.6 Å². The highest BCUT2D eigenvalue weighted by Crippen LogP contribution is 2.19. The van der Waals surface area contributed by atoms with E-state index in [2.05, 4.69) is 5.32 Å². The average molecular weight is 279 g/mol. The zero-order valence-corrected chi connectivity index (χ0v) is 12.8. The molecule has 0 bridgehead atoms. The number of rotatable bonds is 7. The second kappa shape index (κ2) is 7.90. The van der Waals surface area contributed by atoms with Crippen LogP contribution in [0.15, 0.2) is 18.2 Å². The number of nitrogens with one attached hydrogen (secondary N) is 1. The largest absolute Gasteiger partial charge is 0.496 e. The third kappa shape index (κ3) is 4.23. The number of ether oxygens (including phenoxy) is 1. The maximum Gasteiger partial charge on any atom is 0.251 e. The smallest absolute Gasteiger partial charge is 0.251 e. The van der Waals surface area contributed by atoms with Crippen molar-refractivity contribution < 1.29 is 14.6 Å². The minimum Gasteiger partial charge on any atom is -0.496 e. The first kappa shape index (κ1) is 16.5. The van der Waals surface area contributed by atoms with Gasteiger partial charge in [-0.1, -0.05) is 32.8 Å². The van der Waals surface area contributed by atoms with Gasteiger partial charge >= 0.3 is 0 Å². The van der Waals surface area contributed by atoms with Gasteiger partial charge in [-0.3, -0.25) is 4.79 Å². The normalized spacial score (nSPS) is 12.3. The van der Waals surface area contributed by atoms with Crippen molar-refractivity contribution in [3.63, 3.8) is 0 Å². The summed E-state index contributed by atoms with van der Waals surface area (Å²) >= 11 is 0. The number of hydrogen-bond donors (Lipinski definition) is 2. The lowest BCUT2D eigenvalue weighted by Gasteiger charge is -2.20. The lowest BCUT2D eigenvalue weighted by atomic mass is 9.96. The first-order valence-corrected chi connectivity index (χ1v) is 7.14. The van der Waals surface area contributed by atoms with Gasteiger partial charge in [-0.15, -0.1) is 0 Å². The van der Waals surface area contributed by atoms with Crippen LogP contribution in [-0.2, 0) is 0 Å². The third-order valence-corrected chi connectivity index (χ3v) is 3.73. The van der Waals surface area contributed by atoms with Crippen LogP contribution in [0.25, 0.3) is 0 Å². The van der Waals surface area contributed by atoms with Crippen molar-refractivity contribution in [1.82, 2.24) is 5.32 Å². The Morgan fingerprint density at radius 3 is 2.55 bits per heavy atom. The molecule has 1 aromatic rings. The Hall–Kier alpha value is -1.55. The third-order valence-electron chi connectivity index (χ3n) is 3.73. The highest BCUT2D eigenvalue weighted by Gasteiger charge is 2.17. The number of carbonyl (C=O) groups excluding carboxylic acids is 1. The van der Waals surface area contributed by atoms with Gasteiger partial charge < -0.3 is 15.2 Å².